The van der Waals surface area contributed by atoms with Crippen LogP contribution in [0.3, 0.4) is 0 Å². The lowest BCUT2D eigenvalue weighted by Crippen LogP contribution is -2.29. The highest BCUT2D eigenvalue weighted by molar-refractivity contribution is 6.05. The molecule has 0 unspecified atom stereocenters. The molecule has 140 valence electrons. The molecule has 2 aromatic rings. The van der Waals surface area contributed by atoms with Gasteiger partial charge in [0.1, 0.15) is 11.4 Å². The van der Waals surface area contributed by atoms with Gasteiger partial charge in [0.05, 0.1) is 0 Å². The number of anilines is 1. The standard InChI is InChI=1S/C22H25N3O2/c1-25(18-11-6-3-7-12-18)22(27)20-14-8-13-19(24-20)21(26)23-16-15-17-9-4-2-5-10-17/h3,6-9,11-14H,2,4-5,10,15-16H2,1H3,(H,23,26). The third-order valence-corrected chi connectivity index (χ3v) is 4.77. The van der Waals surface area contributed by atoms with E-state index in [1.165, 1.54) is 23.3 Å². The number of hydrogen-bond acceptors (Lipinski definition) is 3. The Hall–Kier alpha value is -2.95. The summed E-state index contributed by atoms with van der Waals surface area (Å²) < 4.78 is 0. The van der Waals surface area contributed by atoms with Crippen LogP contribution in [0.5, 0.6) is 0 Å². The third kappa shape index (κ3) is 5.03. The summed E-state index contributed by atoms with van der Waals surface area (Å²) in [6.45, 7) is 0.592. The van der Waals surface area contributed by atoms with Gasteiger partial charge in [0.15, 0.2) is 0 Å². The molecule has 2 amide bonds. The first kappa shape index (κ1) is 18.8. The normalized spacial score (nSPS) is 13.6. The smallest absolute Gasteiger partial charge is 0.276 e. The van der Waals surface area contributed by atoms with Gasteiger partial charge >= 0.3 is 0 Å². The molecule has 27 heavy (non-hydrogen) atoms. The van der Waals surface area contributed by atoms with E-state index in [0.717, 1.165) is 24.9 Å². The van der Waals surface area contributed by atoms with E-state index in [9.17, 15) is 9.59 Å². The molecule has 1 aliphatic rings. The molecule has 0 aliphatic heterocycles. The molecule has 0 saturated heterocycles. The summed E-state index contributed by atoms with van der Waals surface area (Å²) in [5.74, 6) is -0.494. The molecule has 0 saturated carbocycles. The first-order chi connectivity index (χ1) is 13.1. The van der Waals surface area contributed by atoms with Gasteiger partial charge in [0, 0.05) is 19.3 Å². The second-order valence-corrected chi connectivity index (χ2v) is 6.72. The first-order valence-corrected chi connectivity index (χ1v) is 9.41. The van der Waals surface area contributed by atoms with Gasteiger partial charge in [-0.25, -0.2) is 4.98 Å². The van der Waals surface area contributed by atoms with Crippen LogP contribution in [0.25, 0.3) is 0 Å². The molecular formula is C22H25N3O2. The van der Waals surface area contributed by atoms with Gasteiger partial charge in [-0.15, -0.1) is 0 Å². The number of pyridine rings is 1. The number of carbonyl (C=O) groups is 2. The van der Waals surface area contributed by atoms with E-state index in [4.69, 9.17) is 0 Å². The van der Waals surface area contributed by atoms with Gasteiger partial charge in [0.2, 0.25) is 0 Å². The fourth-order valence-electron chi connectivity index (χ4n) is 3.18. The van der Waals surface area contributed by atoms with E-state index < -0.39 is 0 Å². The maximum Gasteiger partial charge on any atom is 0.276 e. The van der Waals surface area contributed by atoms with E-state index in [2.05, 4.69) is 16.4 Å². The highest BCUT2D eigenvalue weighted by Crippen LogP contribution is 2.19. The summed E-state index contributed by atoms with van der Waals surface area (Å²) in [6, 6.07) is 14.3. The number of allylic oxidation sites excluding steroid dienone is 1. The highest BCUT2D eigenvalue weighted by atomic mass is 16.2. The van der Waals surface area contributed by atoms with Gasteiger partial charge in [0.25, 0.3) is 11.8 Å². The molecule has 0 fully saturated rings. The minimum Gasteiger partial charge on any atom is -0.350 e. The topological polar surface area (TPSA) is 62.3 Å². The van der Waals surface area contributed by atoms with Gasteiger partial charge < -0.3 is 10.2 Å². The fourth-order valence-corrected chi connectivity index (χ4v) is 3.18. The Morgan fingerprint density at radius 1 is 1.04 bits per heavy atom. The van der Waals surface area contributed by atoms with E-state index in [1.807, 2.05) is 30.3 Å². The van der Waals surface area contributed by atoms with Crippen LogP contribution in [-0.4, -0.2) is 30.4 Å². The van der Waals surface area contributed by atoms with Crippen molar-refractivity contribution in [2.75, 3.05) is 18.5 Å². The Balaban J connectivity index is 1.61. The monoisotopic (exact) mass is 363 g/mol. The average Bonchev–Trinajstić information content (AvgIpc) is 2.74. The SMILES string of the molecule is CN(C(=O)c1cccc(C(=O)NCCC2=CCCCC2)n1)c1ccccc1. The predicted molar refractivity (Wildman–Crippen MR) is 107 cm³/mol. The summed E-state index contributed by atoms with van der Waals surface area (Å²) in [5.41, 5.74) is 2.71. The second kappa shape index (κ2) is 9.12. The zero-order valence-electron chi connectivity index (χ0n) is 15.6. The van der Waals surface area contributed by atoms with Crippen LogP contribution >= 0.6 is 0 Å². The number of carbonyl (C=O) groups excluding carboxylic acids is 2. The van der Waals surface area contributed by atoms with Crippen LogP contribution < -0.4 is 10.2 Å². The largest absolute Gasteiger partial charge is 0.350 e. The zero-order valence-corrected chi connectivity index (χ0v) is 15.6. The number of nitrogens with zero attached hydrogens (tertiary/aromatic N) is 2. The predicted octanol–water partition coefficient (Wildman–Crippen LogP) is 3.98. The van der Waals surface area contributed by atoms with Crippen LogP contribution in [0.15, 0.2) is 60.2 Å². The molecule has 1 N–H and O–H groups in total. The van der Waals surface area contributed by atoms with Crippen molar-refractivity contribution in [2.45, 2.75) is 32.1 Å². The van der Waals surface area contributed by atoms with Crippen molar-refractivity contribution in [1.29, 1.82) is 0 Å². The number of amides is 2. The molecule has 3 rings (SSSR count). The summed E-state index contributed by atoms with van der Waals surface area (Å²) in [7, 11) is 1.70. The number of nitrogens with one attached hydrogen (secondary N) is 1. The van der Waals surface area contributed by atoms with Crippen molar-refractivity contribution in [3.63, 3.8) is 0 Å². The lowest BCUT2D eigenvalue weighted by molar-refractivity contribution is 0.0948. The summed E-state index contributed by atoms with van der Waals surface area (Å²) in [5, 5.41) is 2.91. The van der Waals surface area contributed by atoms with Crippen LogP contribution in [0.4, 0.5) is 5.69 Å². The molecule has 0 spiro atoms. The van der Waals surface area contributed by atoms with E-state index in [-0.39, 0.29) is 23.2 Å². The van der Waals surface area contributed by atoms with Crippen molar-refractivity contribution in [3.8, 4) is 0 Å². The number of benzene rings is 1. The Morgan fingerprint density at radius 3 is 2.56 bits per heavy atom. The minimum absolute atomic E-state index is 0.247. The number of aromatic nitrogens is 1. The van der Waals surface area contributed by atoms with Crippen molar-refractivity contribution in [3.05, 3.63) is 71.6 Å². The van der Waals surface area contributed by atoms with Crippen LogP contribution in [-0.2, 0) is 0 Å². The van der Waals surface area contributed by atoms with Crippen molar-refractivity contribution in [2.24, 2.45) is 0 Å². The highest BCUT2D eigenvalue weighted by Gasteiger charge is 2.17. The molecule has 0 radical (unpaired) electrons. The fraction of sp³-hybridized carbons (Fsp3) is 0.318. The van der Waals surface area contributed by atoms with Crippen molar-refractivity contribution in [1.82, 2.24) is 10.3 Å². The Morgan fingerprint density at radius 2 is 1.81 bits per heavy atom. The quantitative estimate of drug-likeness (QED) is 0.790. The van der Waals surface area contributed by atoms with E-state index in [0.29, 0.717) is 6.54 Å². The van der Waals surface area contributed by atoms with Crippen molar-refractivity contribution >= 4 is 17.5 Å². The third-order valence-electron chi connectivity index (χ3n) is 4.77. The van der Waals surface area contributed by atoms with Gasteiger partial charge in [-0.1, -0.05) is 35.9 Å². The van der Waals surface area contributed by atoms with Crippen LogP contribution in [0.2, 0.25) is 0 Å². The van der Waals surface area contributed by atoms with Gasteiger partial charge in [-0.2, -0.15) is 0 Å². The van der Waals surface area contributed by atoms with E-state index in [1.54, 1.807) is 25.2 Å². The summed E-state index contributed by atoms with van der Waals surface area (Å²) >= 11 is 0. The maximum absolute atomic E-state index is 12.7. The maximum atomic E-state index is 12.7. The Bertz CT molecular complexity index is 830. The minimum atomic E-state index is -0.247. The number of rotatable bonds is 6. The average molecular weight is 363 g/mol. The lowest BCUT2D eigenvalue weighted by Gasteiger charge is -2.17. The molecule has 1 heterocycles. The van der Waals surface area contributed by atoms with Gasteiger partial charge in [-0.3, -0.25) is 9.59 Å². The second-order valence-electron chi connectivity index (χ2n) is 6.72. The Labute approximate surface area is 160 Å². The molecular weight excluding hydrogens is 338 g/mol. The molecule has 1 aromatic heterocycles. The van der Waals surface area contributed by atoms with E-state index >= 15 is 0 Å². The summed E-state index contributed by atoms with van der Waals surface area (Å²) in [6.07, 6.45) is 7.93. The molecule has 1 aliphatic carbocycles. The van der Waals surface area contributed by atoms with Crippen molar-refractivity contribution < 1.29 is 9.59 Å². The molecule has 5 nitrogen and oxygen atoms in total. The zero-order chi connectivity index (χ0) is 19.1. The van der Waals surface area contributed by atoms with Crippen LogP contribution in [0.1, 0.15) is 53.1 Å². The first-order valence-electron chi connectivity index (χ1n) is 9.41. The lowest BCUT2D eigenvalue weighted by atomic mass is 9.97. The molecule has 0 bridgehead atoms. The van der Waals surface area contributed by atoms with Crippen LogP contribution in [0, 0.1) is 0 Å². The Kier molecular flexibility index (Phi) is 6.36. The molecule has 0 atom stereocenters. The van der Waals surface area contributed by atoms with Gasteiger partial charge in [-0.05, 0) is 56.4 Å². The number of hydrogen-bond donors (Lipinski definition) is 1. The summed E-state index contributed by atoms with van der Waals surface area (Å²) in [4.78, 5) is 30.8. The molecule has 5 heteroatoms. The molecule has 1 aromatic carbocycles. The number of para-hydroxylation sites is 1.